The highest BCUT2D eigenvalue weighted by Gasteiger charge is 2.35. The monoisotopic (exact) mass is 462 g/mol. The second-order valence-corrected chi connectivity index (χ2v) is 12.1. The summed E-state index contributed by atoms with van der Waals surface area (Å²) in [6, 6.07) is 9.77. The van der Waals surface area contributed by atoms with Crippen molar-refractivity contribution < 1.29 is 13.2 Å². The number of thioether (sulfide) groups is 1. The van der Waals surface area contributed by atoms with Gasteiger partial charge < -0.3 is 4.90 Å². The molecule has 0 bridgehead atoms. The third-order valence-corrected chi connectivity index (χ3v) is 9.01. The molecule has 2 heterocycles. The van der Waals surface area contributed by atoms with E-state index in [2.05, 4.69) is 0 Å². The Morgan fingerprint density at radius 2 is 1.87 bits per heavy atom. The van der Waals surface area contributed by atoms with Crippen LogP contribution < -0.4 is 0 Å². The standard InChI is InChI=1S/C22H30N4O3S2/c1-16(21(27)25(2)19-13-14-31(28,29)15-19)30-22-23-20(17-9-5-3-6-10-17)26(24-22)18-11-7-4-8-12-18/h4,7-8,11-12,16-17,19H,3,5-6,9-10,13-15H2,1-2H3/t16-,19+/m0/s1. The van der Waals surface area contributed by atoms with Crippen molar-refractivity contribution in [2.45, 2.75) is 67.8 Å². The van der Waals surface area contributed by atoms with Crippen LogP contribution in [0.4, 0.5) is 0 Å². The van der Waals surface area contributed by atoms with Crippen LogP contribution in [-0.4, -0.2) is 63.8 Å². The lowest BCUT2D eigenvalue weighted by Crippen LogP contribution is -2.41. The van der Waals surface area contributed by atoms with Crippen LogP contribution in [0.25, 0.3) is 5.69 Å². The lowest BCUT2D eigenvalue weighted by atomic mass is 9.88. The summed E-state index contributed by atoms with van der Waals surface area (Å²) in [4.78, 5) is 19.4. The van der Waals surface area contributed by atoms with Gasteiger partial charge in [0.2, 0.25) is 11.1 Å². The summed E-state index contributed by atoms with van der Waals surface area (Å²) in [5.74, 6) is 1.49. The van der Waals surface area contributed by atoms with Crippen LogP contribution in [0.2, 0.25) is 0 Å². The van der Waals surface area contributed by atoms with E-state index < -0.39 is 9.84 Å². The van der Waals surface area contributed by atoms with Crippen LogP contribution >= 0.6 is 11.8 Å². The van der Waals surface area contributed by atoms with Gasteiger partial charge >= 0.3 is 0 Å². The van der Waals surface area contributed by atoms with Gasteiger partial charge in [0.15, 0.2) is 9.84 Å². The van der Waals surface area contributed by atoms with Gasteiger partial charge in [-0.2, -0.15) is 0 Å². The molecule has 2 aliphatic rings. The molecule has 1 aromatic carbocycles. The molecule has 1 saturated heterocycles. The number of para-hydroxylation sites is 1. The minimum Gasteiger partial charge on any atom is -0.341 e. The van der Waals surface area contributed by atoms with Crippen molar-refractivity contribution in [3.05, 3.63) is 36.2 Å². The van der Waals surface area contributed by atoms with Gasteiger partial charge in [0, 0.05) is 19.0 Å². The highest BCUT2D eigenvalue weighted by Crippen LogP contribution is 2.34. The van der Waals surface area contributed by atoms with Gasteiger partial charge in [0.25, 0.3) is 0 Å². The first kappa shape index (κ1) is 22.3. The molecule has 1 amide bonds. The van der Waals surface area contributed by atoms with Crippen molar-refractivity contribution in [2.24, 2.45) is 0 Å². The van der Waals surface area contributed by atoms with Crippen LogP contribution in [0.1, 0.15) is 57.2 Å². The Hall–Kier alpha value is -1.87. The van der Waals surface area contributed by atoms with Crippen molar-refractivity contribution >= 4 is 27.5 Å². The maximum atomic E-state index is 13.0. The molecule has 0 spiro atoms. The topological polar surface area (TPSA) is 85.2 Å². The molecule has 1 aliphatic heterocycles. The molecule has 1 saturated carbocycles. The molecule has 0 unspecified atom stereocenters. The fourth-order valence-electron chi connectivity index (χ4n) is 4.49. The minimum atomic E-state index is -3.03. The third-order valence-electron chi connectivity index (χ3n) is 6.32. The van der Waals surface area contributed by atoms with Crippen molar-refractivity contribution in [2.75, 3.05) is 18.6 Å². The van der Waals surface area contributed by atoms with Gasteiger partial charge in [-0.25, -0.2) is 18.1 Å². The van der Waals surface area contributed by atoms with Gasteiger partial charge in [-0.3, -0.25) is 4.79 Å². The number of carbonyl (C=O) groups is 1. The molecule has 2 aromatic rings. The molecule has 9 heteroatoms. The molecule has 7 nitrogen and oxygen atoms in total. The quantitative estimate of drug-likeness (QED) is 0.612. The highest BCUT2D eigenvalue weighted by molar-refractivity contribution is 8.00. The maximum absolute atomic E-state index is 13.0. The minimum absolute atomic E-state index is 0.0549. The summed E-state index contributed by atoms with van der Waals surface area (Å²) in [7, 11) is -1.33. The molecular weight excluding hydrogens is 432 g/mol. The van der Waals surface area contributed by atoms with E-state index in [1.54, 1.807) is 11.9 Å². The summed E-state index contributed by atoms with van der Waals surface area (Å²) in [5, 5.41) is 4.97. The van der Waals surface area contributed by atoms with E-state index in [4.69, 9.17) is 10.1 Å². The zero-order valence-electron chi connectivity index (χ0n) is 18.1. The first-order chi connectivity index (χ1) is 14.8. The highest BCUT2D eigenvalue weighted by atomic mass is 32.2. The first-order valence-corrected chi connectivity index (χ1v) is 13.7. The van der Waals surface area contributed by atoms with Crippen LogP contribution in [0.3, 0.4) is 0 Å². The Bertz CT molecular complexity index is 1020. The third kappa shape index (κ3) is 5.14. The van der Waals surface area contributed by atoms with E-state index in [1.807, 2.05) is 41.9 Å². The Kier molecular flexibility index (Phi) is 6.71. The Labute approximate surface area is 188 Å². The number of aromatic nitrogens is 3. The van der Waals surface area contributed by atoms with Crippen molar-refractivity contribution in [1.82, 2.24) is 19.7 Å². The molecule has 0 N–H and O–H groups in total. The zero-order valence-corrected chi connectivity index (χ0v) is 19.7. The number of nitrogens with zero attached hydrogens (tertiary/aromatic N) is 4. The van der Waals surface area contributed by atoms with E-state index in [1.165, 1.54) is 31.0 Å². The van der Waals surface area contributed by atoms with Crippen LogP contribution in [-0.2, 0) is 14.6 Å². The second-order valence-electron chi connectivity index (χ2n) is 8.60. The van der Waals surface area contributed by atoms with Gasteiger partial charge in [-0.15, -0.1) is 5.10 Å². The van der Waals surface area contributed by atoms with Crippen molar-refractivity contribution in [1.29, 1.82) is 0 Å². The maximum Gasteiger partial charge on any atom is 0.235 e. The summed E-state index contributed by atoms with van der Waals surface area (Å²) >= 11 is 1.35. The smallest absolute Gasteiger partial charge is 0.235 e. The fourth-order valence-corrected chi connectivity index (χ4v) is 7.13. The van der Waals surface area contributed by atoms with Gasteiger partial charge in [-0.1, -0.05) is 49.2 Å². The van der Waals surface area contributed by atoms with Gasteiger partial charge in [0.1, 0.15) is 5.82 Å². The number of amides is 1. The molecule has 1 aliphatic carbocycles. The van der Waals surface area contributed by atoms with E-state index in [0.717, 1.165) is 24.4 Å². The van der Waals surface area contributed by atoms with E-state index in [9.17, 15) is 13.2 Å². The van der Waals surface area contributed by atoms with Crippen molar-refractivity contribution in [3.8, 4) is 5.69 Å². The number of carbonyl (C=O) groups excluding carboxylic acids is 1. The Balaban J connectivity index is 1.52. The molecule has 31 heavy (non-hydrogen) atoms. The molecule has 2 atom stereocenters. The largest absolute Gasteiger partial charge is 0.341 e. The van der Waals surface area contributed by atoms with Gasteiger partial charge in [0.05, 0.1) is 22.4 Å². The Morgan fingerprint density at radius 3 is 2.52 bits per heavy atom. The molecule has 0 radical (unpaired) electrons. The Morgan fingerprint density at radius 1 is 1.16 bits per heavy atom. The normalized spacial score (nSPS) is 22.3. The number of benzene rings is 1. The molecule has 4 rings (SSSR count). The molecular formula is C22H30N4O3S2. The summed E-state index contributed by atoms with van der Waals surface area (Å²) < 4.78 is 25.5. The predicted molar refractivity (Wildman–Crippen MR) is 122 cm³/mol. The summed E-state index contributed by atoms with van der Waals surface area (Å²) in [5.41, 5.74) is 0.981. The summed E-state index contributed by atoms with van der Waals surface area (Å²) in [6.45, 7) is 1.84. The molecule has 1 aromatic heterocycles. The molecule has 2 fully saturated rings. The summed E-state index contributed by atoms with van der Waals surface area (Å²) in [6.07, 6.45) is 6.42. The van der Waals surface area contributed by atoms with Crippen LogP contribution in [0.15, 0.2) is 35.5 Å². The first-order valence-electron chi connectivity index (χ1n) is 11.0. The van der Waals surface area contributed by atoms with Crippen molar-refractivity contribution in [3.63, 3.8) is 0 Å². The SMILES string of the molecule is C[C@H](Sc1nc(C2CCCCC2)n(-c2ccccc2)n1)C(=O)N(C)[C@@H]1CCS(=O)(=O)C1. The van der Waals surface area contributed by atoms with E-state index in [0.29, 0.717) is 17.5 Å². The zero-order chi connectivity index (χ0) is 22.0. The number of rotatable bonds is 6. The van der Waals surface area contributed by atoms with Gasteiger partial charge in [-0.05, 0) is 38.3 Å². The number of hydrogen-bond acceptors (Lipinski definition) is 6. The van der Waals surface area contributed by atoms with Crippen LogP contribution in [0, 0.1) is 0 Å². The lowest BCUT2D eigenvalue weighted by molar-refractivity contribution is -0.130. The average molecular weight is 463 g/mol. The average Bonchev–Trinajstić information content (AvgIpc) is 3.37. The van der Waals surface area contributed by atoms with E-state index in [-0.39, 0.29) is 28.7 Å². The number of sulfone groups is 1. The predicted octanol–water partition coefficient (Wildman–Crippen LogP) is 3.44. The fraction of sp³-hybridized carbons (Fsp3) is 0.591. The second kappa shape index (κ2) is 9.32. The van der Waals surface area contributed by atoms with E-state index >= 15 is 0 Å². The number of hydrogen-bond donors (Lipinski definition) is 0. The van der Waals surface area contributed by atoms with Crippen LogP contribution in [0.5, 0.6) is 0 Å². The lowest BCUT2D eigenvalue weighted by Gasteiger charge is -2.25. The molecule has 168 valence electrons.